The molecule has 0 spiro atoms. The fraction of sp³-hybridized carbons (Fsp3) is 0.444. The number of carbonyl (C=O) groups is 1. The monoisotopic (exact) mass is 329 g/mol. The highest BCUT2D eigenvalue weighted by Gasteiger charge is 2.21. The van der Waals surface area contributed by atoms with Crippen molar-refractivity contribution in [3.8, 4) is 11.5 Å². The Morgan fingerprint density at radius 1 is 1.25 bits per heavy atom. The number of fused-ring (bicyclic) bond motifs is 1. The van der Waals surface area contributed by atoms with E-state index in [1.807, 2.05) is 41.0 Å². The van der Waals surface area contributed by atoms with Crippen molar-refractivity contribution in [2.24, 2.45) is 7.05 Å². The van der Waals surface area contributed by atoms with E-state index >= 15 is 0 Å². The molecule has 2 aromatic rings. The summed E-state index contributed by atoms with van der Waals surface area (Å²) in [5.41, 5.74) is 3.31. The standard InChI is InChI=1S/C18H23N3O3/c1-20-15-5-4-8-21(12-14(15)11-19-20)18(22)10-13-6-7-16(23-2)17(9-13)24-3/h6-7,9,11H,4-5,8,10,12H2,1-3H3. The summed E-state index contributed by atoms with van der Waals surface area (Å²) in [6.45, 7) is 1.41. The number of rotatable bonds is 4. The minimum atomic E-state index is 0.124. The van der Waals surface area contributed by atoms with Gasteiger partial charge in [-0.05, 0) is 30.5 Å². The molecule has 2 heterocycles. The van der Waals surface area contributed by atoms with E-state index < -0.39 is 0 Å². The number of ether oxygens (including phenoxy) is 2. The lowest BCUT2D eigenvalue weighted by Crippen LogP contribution is -2.31. The van der Waals surface area contributed by atoms with E-state index in [-0.39, 0.29) is 5.91 Å². The van der Waals surface area contributed by atoms with Gasteiger partial charge in [0.05, 0.1) is 26.8 Å². The SMILES string of the molecule is COc1ccc(CC(=O)N2CCCc3c(cnn3C)C2)cc1OC. The number of nitrogens with zero attached hydrogens (tertiary/aromatic N) is 3. The van der Waals surface area contributed by atoms with Crippen LogP contribution in [0.5, 0.6) is 11.5 Å². The van der Waals surface area contributed by atoms with Crippen LogP contribution >= 0.6 is 0 Å². The minimum absolute atomic E-state index is 0.124. The third-order valence-electron chi connectivity index (χ3n) is 4.51. The van der Waals surface area contributed by atoms with Gasteiger partial charge in [0.25, 0.3) is 0 Å². The normalized spacial score (nSPS) is 14.0. The Morgan fingerprint density at radius 3 is 2.79 bits per heavy atom. The van der Waals surface area contributed by atoms with Crippen molar-refractivity contribution < 1.29 is 14.3 Å². The summed E-state index contributed by atoms with van der Waals surface area (Å²) >= 11 is 0. The molecule has 24 heavy (non-hydrogen) atoms. The van der Waals surface area contributed by atoms with Gasteiger partial charge in [0.15, 0.2) is 11.5 Å². The molecule has 0 radical (unpaired) electrons. The number of methoxy groups -OCH3 is 2. The number of amides is 1. The Balaban J connectivity index is 1.73. The number of hydrogen-bond acceptors (Lipinski definition) is 4. The number of aromatic nitrogens is 2. The first-order valence-electron chi connectivity index (χ1n) is 8.10. The van der Waals surface area contributed by atoms with Crippen molar-refractivity contribution in [3.63, 3.8) is 0 Å². The van der Waals surface area contributed by atoms with E-state index in [2.05, 4.69) is 5.10 Å². The summed E-state index contributed by atoms with van der Waals surface area (Å²) in [6, 6.07) is 5.61. The fourth-order valence-corrected chi connectivity index (χ4v) is 3.17. The molecule has 1 aromatic carbocycles. The Hall–Kier alpha value is -2.50. The summed E-state index contributed by atoms with van der Waals surface area (Å²) in [5.74, 6) is 1.44. The van der Waals surface area contributed by atoms with Crippen molar-refractivity contribution >= 4 is 5.91 Å². The third kappa shape index (κ3) is 3.22. The second-order valence-corrected chi connectivity index (χ2v) is 6.03. The average Bonchev–Trinajstić information content (AvgIpc) is 2.82. The number of carbonyl (C=O) groups excluding carboxylic acids is 1. The van der Waals surface area contributed by atoms with E-state index in [4.69, 9.17) is 9.47 Å². The van der Waals surface area contributed by atoms with Crippen LogP contribution in [0, 0.1) is 0 Å². The lowest BCUT2D eigenvalue weighted by atomic mass is 10.1. The van der Waals surface area contributed by atoms with Gasteiger partial charge in [-0.15, -0.1) is 0 Å². The van der Waals surface area contributed by atoms with Crippen molar-refractivity contribution in [1.29, 1.82) is 0 Å². The zero-order valence-corrected chi connectivity index (χ0v) is 14.4. The van der Waals surface area contributed by atoms with Crippen molar-refractivity contribution in [3.05, 3.63) is 41.2 Å². The Labute approximate surface area is 142 Å². The van der Waals surface area contributed by atoms with Crippen LogP contribution < -0.4 is 9.47 Å². The van der Waals surface area contributed by atoms with E-state index in [0.717, 1.165) is 30.5 Å². The number of hydrogen-bond donors (Lipinski definition) is 0. The van der Waals surface area contributed by atoms with Crippen molar-refractivity contribution in [2.75, 3.05) is 20.8 Å². The van der Waals surface area contributed by atoms with Crippen LogP contribution in [0.1, 0.15) is 23.2 Å². The fourth-order valence-electron chi connectivity index (χ4n) is 3.17. The first-order valence-corrected chi connectivity index (χ1v) is 8.10. The van der Waals surface area contributed by atoms with Gasteiger partial charge >= 0.3 is 0 Å². The van der Waals surface area contributed by atoms with E-state index in [1.54, 1.807) is 14.2 Å². The molecule has 0 saturated heterocycles. The average molecular weight is 329 g/mol. The first-order chi connectivity index (χ1) is 11.6. The zero-order chi connectivity index (χ0) is 17.1. The lowest BCUT2D eigenvalue weighted by Gasteiger charge is -2.20. The van der Waals surface area contributed by atoms with Crippen LogP contribution in [0.2, 0.25) is 0 Å². The first kappa shape index (κ1) is 16.4. The second kappa shape index (κ2) is 6.95. The molecule has 0 bridgehead atoms. The summed E-state index contributed by atoms with van der Waals surface area (Å²) in [4.78, 5) is 14.6. The molecule has 0 aliphatic carbocycles. The second-order valence-electron chi connectivity index (χ2n) is 6.03. The number of benzene rings is 1. The molecular formula is C18H23N3O3. The maximum atomic E-state index is 12.7. The molecule has 6 heteroatoms. The molecule has 0 saturated carbocycles. The molecule has 0 unspecified atom stereocenters. The molecule has 1 aromatic heterocycles. The summed E-state index contributed by atoms with van der Waals surface area (Å²) in [7, 11) is 5.16. The van der Waals surface area contributed by atoms with E-state index in [9.17, 15) is 4.79 Å². The molecule has 1 aliphatic heterocycles. The van der Waals surface area contributed by atoms with Crippen LogP contribution in [0.15, 0.2) is 24.4 Å². The molecule has 0 N–H and O–H groups in total. The van der Waals surface area contributed by atoms with Gasteiger partial charge in [-0.2, -0.15) is 5.10 Å². The van der Waals surface area contributed by atoms with Crippen LogP contribution in [0.3, 0.4) is 0 Å². The molecule has 1 amide bonds. The number of aryl methyl sites for hydroxylation is 1. The highest BCUT2D eigenvalue weighted by Crippen LogP contribution is 2.28. The van der Waals surface area contributed by atoms with Crippen LogP contribution in [0.25, 0.3) is 0 Å². The minimum Gasteiger partial charge on any atom is -0.493 e. The summed E-state index contributed by atoms with van der Waals surface area (Å²) in [5, 5.41) is 4.31. The quantitative estimate of drug-likeness (QED) is 0.860. The predicted molar refractivity (Wildman–Crippen MR) is 90.2 cm³/mol. The van der Waals surface area contributed by atoms with Crippen LogP contribution in [-0.4, -0.2) is 41.4 Å². The van der Waals surface area contributed by atoms with Crippen LogP contribution in [0.4, 0.5) is 0 Å². The smallest absolute Gasteiger partial charge is 0.227 e. The van der Waals surface area contributed by atoms with Gasteiger partial charge in [0.2, 0.25) is 5.91 Å². The Bertz CT molecular complexity index is 739. The van der Waals surface area contributed by atoms with Gasteiger partial charge in [0.1, 0.15) is 0 Å². The molecule has 1 aliphatic rings. The lowest BCUT2D eigenvalue weighted by molar-refractivity contribution is -0.131. The highest BCUT2D eigenvalue weighted by atomic mass is 16.5. The molecule has 6 nitrogen and oxygen atoms in total. The molecule has 3 rings (SSSR count). The van der Waals surface area contributed by atoms with Gasteiger partial charge in [0, 0.05) is 31.4 Å². The summed E-state index contributed by atoms with van der Waals surface area (Å²) in [6.07, 6.45) is 4.16. The van der Waals surface area contributed by atoms with Gasteiger partial charge in [-0.25, -0.2) is 0 Å². The summed E-state index contributed by atoms with van der Waals surface area (Å²) < 4.78 is 12.5. The van der Waals surface area contributed by atoms with Crippen molar-refractivity contribution in [1.82, 2.24) is 14.7 Å². The topological polar surface area (TPSA) is 56.6 Å². The van der Waals surface area contributed by atoms with E-state index in [1.165, 1.54) is 5.69 Å². The molecule has 0 fully saturated rings. The van der Waals surface area contributed by atoms with Gasteiger partial charge in [-0.1, -0.05) is 6.07 Å². The van der Waals surface area contributed by atoms with Gasteiger partial charge < -0.3 is 14.4 Å². The van der Waals surface area contributed by atoms with Gasteiger partial charge in [-0.3, -0.25) is 9.48 Å². The Kier molecular flexibility index (Phi) is 4.74. The predicted octanol–water partition coefficient (Wildman–Crippen LogP) is 1.95. The Morgan fingerprint density at radius 2 is 2.04 bits per heavy atom. The largest absolute Gasteiger partial charge is 0.493 e. The third-order valence-corrected chi connectivity index (χ3v) is 4.51. The van der Waals surface area contributed by atoms with E-state index in [0.29, 0.717) is 24.5 Å². The molecule has 0 atom stereocenters. The highest BCUT2D eigenvalue weighted by molar-refractivity contribution is 5.79. The van der Waals surface area contributed by atoms with Crippen molar-refractivity contribution in [2.45, 2.75) is 25.8 Å². The maximum absolute atomic E-state index is 12.7. The maximum Gasteiger partial charge on any atom is 0.227 e. The zero-order valence-electron chi connectivity index (χ0n) is 14.4. The molecular weight excluding hydrogens is 306 g/mol. The van der Waals surface area contributed by atoms with Crippen LogP contribution in [-0.2, 0) is 31.2 Å². The molecule has 128 valence electrons.